The van der Waals surface area contributed by atoms with Gasteiger partial charge in [0.05, 0.1) is 10.6 Å². The average Bonchev–Trinajstić information content (AvgIpc) is 2.81. The molecule has 1 unspecified atom stereocenters. The number of rotatable bonds is 4. The summed E-state index contributed by atoms with van der Waals surface area (Å²) in [5, 5.41) is 2.92. The fraction of sp³-hybridized carbons (Fsp3) is 0.286. The van der Waals surface area contributed by atoms with Gasteiger partial charge in [0.25, 0.3) is 5.91 Å². The molecule has 1 amide bonds. The zero-order valence-electron chi connectivity index (χ0n) is 10.9. The molecule has 5 heteroatoms. The summed E-state index contributed by atoms with van der Waals surface area (Å²) in [7, 11) is 1.78. The highest BCUT2D eigenvalue weighted by atomic mass is 32.1. The van der Waals surface area contributed by atoms with Crippen LogP contribution in [0.3, 0.4) is 0 Å². The van der Waals surface area contributed by atoms with Gasteiger partial charge in [-0.15, -0.1) is 11.3 Å². The number of nitrogens with two attached hydrogens (primary N) is 1. The lowest BCUT2D eigenvalue weighted by Gasteiger charge is -2.20. The molecule has 0 fully saturated rings. The zero-order valence-corrected chi connectivity index (χ0v) is 12.6. The van der Waals surface area contributed by atoms with E-state index in [0.29, 0.717) is 11.5 Å². The van der Waals surface area contributed by atoms with Crippen LogP contribution in [0.2, 0.25) is 0 Å². The third-order valence-electron chi connectivity index (χ3n) is 3.09. The van der Waals surface area contributed by atoms with Crippen LogP contribution in [-0.2, 0) is 0 Å². The molecule has 2 aromatic rings. The molecule has 0 saturated carbocycles. The van der Waals surface area contributed by atoms with E-state index in [1.807, 2.05) is 36.6 Å². The van der Waals surface area contributed by atoms with Crippen LogP contribution >= 0.6 is 23.6 Å². The molecule has 0 bridgehead atoms. The van der Waals surface area contributed by atoms with Crippen LogP contribution < -0.4 is 5.73 Å². The van der Waals surface area contributed by atoms with E-state index in [9.17, 15) is 4.79 Å². The van der Waals surface area contributed by atoms with Gasteiger partial charge in [-0.3, -0.25) is 4.79 Å². The number of benzene rings is 1. The highest BCUT2D eigenvalue weighted by Gasteiger charge is 2.18. The van der Waals surface area contributed by atoms with Gasteiger partial charge in [-0.25, -0.2) is 0 Å². The predicted molar refractivity (Wildman–Crippen MR) is 84.7 cm³/mol. The third kappa shape index (κ3) is 2.93. The van der Waals surface area contributed by atoms with E-state index in [-0.39, 0.29) is 11.8 Å². The highest BCUT2D eigenvalue weighted by Crippen LogP contribution is 2.26. The van der Waals surface area contributed by atoms with E-state index in [1.54, 1.807) is 23.3 Å². The van der Waals surface area contributed by atoms with Crippen LogP contribution in [0.4, 0.5) is 0 Å². The van der Waals surface area contributed by atoms with Gasteiger partial charge in [-0.1, -0.05) is 37.3 Å². The number of carbonyl (C=O) groups excluding carboxylic acids is 1. The lowest BCUT2D eigenvalue weighted by Crippen LogP contribution is -2.35. The Kier molecular flexibility index (Phi) is 4.17. The summed E-state index contributed by atoms with van der Waals surface area (Å²) in [6, 6.07) is 7.92. The lowest BCUT2D eigenvalue weighted by molar-refractivity contribution is 0.0789. The number of hydrogen-bond donors (Lipinski definition) is 1. The van der Waals surface area contributed by atoms with Crippen molar-refractivity contribution in [1.82, 2.24) is 4.90 Å². The molecule has 1 atom stereocenters. The van der Waals surface area contributed by atoms with Crippen molar-refractivity contribution in [1.29, 1.82) is 0 Å². The van der Waals surface area contributed by atoms with Gasteiger partial charge in [0, 0.05) is 35.0 Å². The van der Waals surface area contributed by atoms with E-state index in [1.165, 1.54) is 0 Å². The summed E-state index contributed by atoms with van der Waals surface area (Å²) in [5.74, 6) is 0.0365. The molecule has 0 aliphatic carbocycles. The van der Waals surface area contributed by atoms with E-state index >= 15 is 0 Å². The Morgan fingerprint density at radius 2 is 2.16 bits per heavy atom. The summed E-state index contributed by atoms with van der Waals surface area (Å²) >= 11 is 6.53. The van der Waals surface area contributed by atoms with Crippen molar-refractivity contribution in [2.24, 2.45) is 11.7 Å². The number of thiocarbonyl (C=S) groups is 1. The van der Waals surface area contributed by atoms with Crippen LogP contribution in [0.1, 0.15) is 17.3 Å². The Morgan fingerprint density at radius 1 is 1.47 bits per heavy atom. The van der Waals surface area contributed by atoms with Crippen molar-refractivity contribution in [3.05, 3.63) is 35.2 Å². The van der Waals surface area contributed by atoms with Gasteiger partial charge in [-0.2, -0.15) is 0 Å². The number of carbonyl (C=O) groups is 1. The molecule has 0 saturated heterocycles. The van der Waals surface area contributed by atoms with Crippen LogP contribution in [0, 0.1) is 5.92 Å². The third-order valence-corrected chi connectivity index (χ3v) is 4.46. The van der Waals surface area contributed by atoms with Crippen molar-refractivity contribution in [3.63, 3.8) is 0 Å². The quantitative estimate of drug-likeness (QED) is 0.881. The Morgan fingerprint density at radius 3 is 2.84 bits per heavy atom. The van der Waals surface area contributed by atoms with Gasteiger partial charge in [-0.05, 0) is 6.07 Å². The zero-order chi connectivity index (χ0) is 14.0. The average molecular weight is 292 g/mol. The maximum Gasteiger partial charge on any atom is 0.255 e. The first-order valence-corrected chi connectivity index (χ1v) is 7.30. The minimum absolute atomic E-state index is 0.0144. The smallest absolute Gasteiger partial charge is 0.255 e. The van der Waals surface area contributed by atoms with Crippen molar-refractivity contribution in [3.8, 4) is 0 Å². The summed E-state index contributed by atoms with van der Waals surface area (Å²) < 4.78 is 1.13. The van der Waals surface area contributed by atoms with Gasteiger partial charge in [0.2, 0.25) is 0 Å². The first-order chi connectivity index (χ1) is 9.00. The molecule has 3 nitrogen and oxygen atoms in total. The second kappa shape index (κ2) is 5.67. The molecular formula is C14H16N2OS2. The summed E-state index contributed by atoms with van der Waals surface area (Å²) in [4.78, 5) is 14.5. The van der Waals surface area contributed by atoms with Crippen molar-refractivity contribution in [2.45, 2.75) is 6.92 Å². The van der Waals surface area contributed by atoms with E-state index in [2.05, 4.69) is 0 Å². The van der Waals surface area contributed by atoms with Gasteiger partial charge >= 0.3 is 0 Å². The summed E-state index contributed by atoms with van der Waals surface area (Å²) in [6.45, 7) is 2.47. The van der Waals surface area contributed by atoms with E-state index < -0.39 is 0 Å². The second-order valence-electron chi connectivity index (χ2n) is 4.63. The molecule has 1 aromatic carbocycles. The maximum atomic E-state index is 12.4. The molecule has 100 valence electrons. The lowest BCUT2D eigenvalue weighted by atomic mass is 10.1. The number of nitrogens with zero attached hydrogens (tertiary/aromatic N) is 1. The molecule has 1 aromatic heterocycles. The van der Waals surface area contributed by atoms with E-state index in [4.69, 9.17) is 18.0 Å². The Balaban J connectivity index is 2.22. The molecule has 2 rings (SSSR count). The van der Waals surface area contributed by atoms with Gasteiger partial charge in [0.1, 0.15) is 0 Å². The largest absolute Gasteiger partial charge is 0.393 e. The number of thiophene rings is 1. The van der Waals surface area contributed by atoms with Crippen molar-refractivity contribution < 1.29 is 4.79 Å². The predicted octanol–water partition coefficient (Wildman–Crippen LogP) is 2.90. The molecule has 19 heavy (non-hydrogen) atoms. The molecule has 2 N–H and O–H groups in total. The van der Waals surface area contributed by atoms with Crippen LogP contribution in [-0.4, -0.2) is 29.4 Å². The molecular weight excluding hydrogens is 276 g/mol. The molecule has 0 radical (unpaired) electrons. The molecule has 0 aliphatic rings. The maximum absolute atomic E-state index is 12.4. The first kappa shape index (κ1) is 14.0. The Labute approximate surface area is 122 Å². The molecule has 1 heterocycles. The second-order valence-corrected chi connectivity index (χ2v) is 6.02. The fourth-order valence-corrected chi connectivity index (χ4v) is 2.94. The number of hydrogen-bond acceptors (Lipinski definition) is 3. The standard InChI is InChI=1S/C14H16N2OS2/c1-9(13(15)18)7-16(2)14(17)11-8-19-12-6-4-3-5-10(11)12/h3-6,8-9H,7H2,1-2H3,(H2,15,18). The minimum Gasteiger partial charge on any atom is -0.393 e. The molecule has 0 aliphatic heterocycles. The van der Waals surface area contributed by atoms with Crippen LogP contribution in [0.15, 0.2) is 29.6 Å². The van der Waals surface area contributed by atoms with Crippen LogP contribution in [0.25, 0.3) is 10.1 Å². The van der Waals surface area contributed by atoms with Crippen molar-refractivity contribution in [2.75, 3.05) is 13.6 Å². The summed E-state index contributed by atoms with van der Waals surface area (Å²) in [5.41, 5.74) is 6.34. The van der Waals surface area contributed by atoms with E-state index in [0.717, 1.165) is 15.6 Å². The van der Waals surface area contributed by atoms with Crippen LogP contribution in [0.5, 0.6) is 0 Å². The highest BCUT2D eigenvalue weighted by molar-refractivity contribution is 7.80. The Bertz CT molecular complexity index is 621. The monoisotopic (exact) mass is 292 g/mol. The minimum atomic E-state index is 0.0144. The Hall–Kier alpha value is -1.46. The van der Waals surface area contributed by atoms with Gasteiger partial charge < -0.3 is 10.6 Å². The SMILES string of the molecule is CC(CN(C)C(=O)c1csc2ccccc12)C(N)=S. The number of amides is 1. The summed E-state index contributed by atoms with van der Waals surface area (Å²) in [6.07, 6.45) is 0. The van der Waals surface area contributed by atoms with Gasteiger partial charge in [0.15, 0.2) is 0 Å². The topological polar surface area (TPSA) is 46.3 Å². The number of fused-ring (bicyclic) bond motifs is 1. The fourth-order valence-electron chi connectivity index (χ4n) is 1.93. The normalized spacial score (nSPS) is 12.3. The van der Waals surface area contributed by atoms with Crippen molar-refractivity contribution >= 4 is 44.5 Å². The molecule has 0 spiro atoms. The first-order valence-electron chi connectivity index (χ1n) is 6.01.